The van der Waals surface area contributed by atoms with E-state index in [0.29, 0.717) is 10.8 Å². The molecule has 1 aromatic carbocycles. The lowest BCUT2D eigenvalue weighted by atomic mass is 10.1. The fourth-order valence-corrected chi connectivity index (χ4v) is 3.30. The Hall–Kier alpha value is -1.07. The highest BCUT2D eigenvalue weighted by Gasteiger charge is 2.17. The molecule has 0 amide bonds. The summed E-state index contributed by atoms with van der Waals surface area (Å²) < 4.78 is 27.0. The number of hydrogen-bond acceptors (Lipinski definition) is 3. The predicted octanol–water partition coefficient (Wildman–Crippen LogP) is 2.83. The molecule has 19 heavy (non-hydrogen) atoms. The summed E-state index contributed by atoms with van der Waals surface area (Å²) in [5.74, 6) is 0.467. The van der Waals surface area contributed by atoms with E-state index in [1.165, 1.54) is 0 Å². The minimum atomic E-state index is -3.41. The molecule has 0 saturated carbocycles. The summed E-state index contributed by atoms with van der Waals surface area (Å²) in [6.07, 6.45) is 0.828. The van der Waals surface area contributed by atoms with Crippen LogP contribution in [0.25, 0.3) is 0 Å². The third-order valence-electron chi connectivity index (χ3n) is 2.73. The molecule has 0 spiro atoms. The van der Waals surface area contributed by atoms with Crippen LogP contribution in [0.2, 0.25) is 0 Å². The number of benzene rings is 1. The van der Waals surface area contributed by atoms with Gasteiger partial charge >= 0.3 is 0 Å². The zero-order chi connectivity index (χ0) is 14.5. The van der Waals surface area contributed by atoms with Gasteiger partial charge in [-0.25, -0.2) is 13.1 Å². The molecule has 1 atom stereocenters. The Kier molecular flexibility index (Phi) is 5.82. The molecule has 0 aliphatic rings. The lowest BCUT2D eigenvalue weighted by Gasteiger charge is -2.16. The summed E-state index contributed by atoms with van der Waals surface area (Å²) >= 11 is 0. The van der Waals surface area contributed by atoms with Crippen molar-refractivity contribution in [3.8, 4) is 0 Å². The van der Waals surface area contributed by atoms with E-state index in [0.717, 1.165) is 18.7 Å². The van der Waals surface area contributed by atoms with E-state index >= 15 is 0 Å². The van der Waals surface area contributed by atoms with Crippen molar-refractivity contribution in [3.63, 3.8) is 0 Å². The Morgan fingerprint density at radius 3 is 2.16 bits per heavy atom. The molecule has 0 heterocycles. The van der Waals surface area contributed by atoms with Crippen LogP contribution in [0.15, 0.2) is 29.2 Å². The first kappa shape index (κ1) is 16.0. The summed E-state index contributed by atoms with van der Waals surface area (Å²) in [6, 6.07) is 6.76. The Morgan fingerprint density at radius 1 is 1.11 bits per heavy atom. The van der Waals surface area contributed by atoms with Gasteiger partial charge in [0.05, 0.1) is 4.90 Å². The van der Waals surface area contributed by atoms with Crippen molar-refractivity contribution in [2.24, 2.45) is 5.92 Å². The molecule has 0 saturated heterocycles. The molecule has 0 fully saturated rings. The van der Waals surface area contributed by atoms with Crippen molar-refractivity contribution in [1.29, 1.82) is 0 Å². The van der Waals surface area contributed by atoms with Crippen LogP contribution in [0.5, 0.6) is 0 Å². The molecule has 5 heteroatoms. The molecule has 0 aliphatic heterocycles. The van der Waals surface area contributed by atoms with Gasteiger partial charge in [0.1, 0.15) is 0 Å². The van der Waals surface area contributed by atoms with Gasteiger partial charge in [0, 0.05) is 18.3 Å². The molecular weight excluding hydrogens is 260 g/mol. The maximum absolute atomic E-state index is 12.2. The molecule has 108 valence electrons. The van der Waals surface area contributed by atoms with Crippen molar-refractivity contribution in [2.75, 3.05) is 11.9 Å². The second-order valence-electron chi connectivity index (χ2n) is 5.21. The van der Waals surface area contributed by atoms with Gasteiger partial charge in [-0.15, -0.1) is 0 Å². The minimum Gasteiger partial charge on any atom is -0.385 e. The van der Waals surface area contributed by atoms with E-state index in [-0.39, 0.29) is 6.04 Å². The zero-order valence-electron chi connectivity index (χ0n) is 12.1. The highest BCUT2D eigenvalue weighted by molar-refractivity contribution is 7.89. The fraction of sp³-hybridized carbons (Fsp3) is 0.571. The van der Waals surface area contributed by atoms with Crippen LogP contribution >= 0.6 is 0 Å². The van der Waals surface area contributed by atoms with Crippen molar-refractivity contribution >= 4 is 15.7 Å². The Morgan fingerprint density at radius 2 is 1.68 bits per heavy atom. The average molecular weight is 284 g/mol. The van der Waals surface area contributed by atoms with E-state index in [2.05, 4.69) is 23.9 Å². The average Bonchev–Trinajstić information content (AvgIpc) is 2.28. The summed E-state index contributed by atoms with van der Waals surface area (Å²) in [4.78, 5) is 0.310. The second kappa shape index (κ2) is 6.91. The number of rotatable bonds is 7. The number of anilines is 1. The smallest absolute Gasteiger partial charge is 0.240 e. The van der Waals surface area contributed by atoms with Gasteiger partial charge in [-0.2, -0.15) is 0 Å². The fourth-order valence-electron chi connectivity index (χ4n) is 2.04. The summed E-state index contributed by atoms with van der Waals surface area (Å²) in [6.45, 7) is 8.87. The molecule has 0 bridgehead atoms. The van der Waals surface area contributed by atoms with E-state index < -0.39 is 10.0 Å². The van der Waals surface area contributed by atoms with E-state index in [1.807, 2.05) is 13.8 Å². The van der Waals surface area contributed by atoms with Crippen LogP contribution in [-0.2, 0) is 10.0 Å². The topological polar surface area (TPSA) is 58.2 Å². The van der Waals surface area contributed by atoms with Gasteiger partial charge in [0.2, 0.25) is 10.0 Å². The lowest BCUT2D eigenvalue weighted by molar-refractivity contribution is 0.482. The first-order valence-corrected chi connectivity index (χ1v) is 8.19. The maximum atomic E-state index is 12.2. The van der Waals surface area contributed by atoms with Crippen LogP contribution in [0.3, 0.4) is 0 Å². The number of hydrogen-bond donors (Lipinski definition) is 2. The Labute approximate surface area is 116 Å². The van der Waals surface area contributed by atoms with Crippen molar-refractivity contribution in [1.82, 2.24) is 4.72 Å². The van der Waals surface area contributed by atoms with Gasteiger partial charge in [0.15, 0.2) is 0 Å². The van der Waals surface area contributed by atoms with Gasteiger partial charge in [-0.3, -0.25) is 0 Å². The van der Waals surface area contributed by atoms with Crippen molar-refractivity contribution in [2.45, 2.75) is 45.1 Å². The Balaban J connectivity index is 2.76. The quantitative estimate of drug-likeness (QED) is 0.809. The van der Waals surface area contributed by atoms with Crippen molar-refractivity contribution in [3.05, 3.63) is 24.3 Å². The monoisotopic (exact) mass is 284 g/mol. The van der Waals surface area contributed by atoms with Gasteiger partial charge in [-0.1, -0.05) is 13.8 Å². The highest BCUT2D eigenvalue weighted by Crippen LogP contribution is 2.15. The molecule has 1 rings (SSSR count). The highest BCUT2D eigenvalue weighted by atomic mass is 32.2. The molecule has 2 N–H and O–H groups in total. The predicted molar refractivity (Wildman–Crippen MR) is 79.8 cm³/mol. The summed E-state index contributed by atoms with van der Waals surface area (Å²) in [5, 5.41) is 3.14. The van der Waals surface area contributed by atoms with Crippen LogP contribution in [0.4, 0.5) is 5.69 Å². The third-order valence-corrected chi connectivity index (χ3v) is 4.33. The van der Waals surface area contributed by atoms with Crippen LogP contribution in [0, 0.1) is 5.92 Å². The molecule has 1 unspecified atom stereocenters. The second-order valence-corrected chi connectivity index (χ2v) is 6.92. The molecule has 1 aromatic rings. The first-order chi connectivity index (χ1) is 8.85. The third kappa shape index (κ3) is 5.20. The van der Waals surface area contributed by atoms with Gasteiger partial charge in [0.25, 0.3) is 0 Å². The molecule has 0 aliphatic carbocycles. The normalized spacial score (nSPS) is 13.5. The summed E-state index contributed by atoms with van der Waals surface area (Å²) in [7, 11) is -3.41. The van der Waals surface area contributed by atoms with Crippen molar-refractivity contribution < 1.29 is 8.42 Å². The van der Waals surface area contributed by atoms with E-state index in [1.54, 1.807) is 24.3 Å². The van der Waals surface area contributed by atoms with Crippen LogP contribution in [0.1, 0.15) is 34.1 Å². The van der Waals surface area contributed by atoms with Crippen LogP contribution < -0.4 is 10.0 Å². The van der Waals surface area contributed by atoms with E-state index in [4.69, 9.17) is 0 Å². The molecule has 0 aromatic heterocycles. The van der Waals surface area contributed by atoms with Crippen LogP contribution in [-0.4, -0.2) is 21.0 Å². The number of nitrogens with one attached hydrogen (secondary N) is 2. The SMILES string of the molecule is CCNc1ccc(S(=O)(=O)NC(C)CC(C)C)cc1. The Bertz CT molecular complexity index is 481. The standard InChI is InChI=1S/C14H24N2O2S/c1-5-15-13-6-8-14(9-7-13)19(17,18)16-12(4)10-11(2)3/h6-9,11-12,15-16H,5,10H2,1-4H3. The lowest BCUT2D eigenvalue weighted by Crippen LogP contribution is -2.33. The number of sulfonamides is 1. The first-order valence-electron chi connectivity index (χ1n) is 6.71. The van der Waals surface area contributed by atoms with Gasteiger partial charge in [-0.05, 0) is 50.5 Å². The molecular formula is C14H24N2O2S. The van der Waals surface area contributed by atoms with Gasteiger partial charge < -0.3 is 5.32 Å². The maximum Gasteiger partial charge on any atom is 0.240 e. The summed E-state index contributed by atoms with van der Waals surface area (Å²) in [5.41, 5.74) is 0.927. The van der Waals surface area contributed by atoms with E-state index in [9.17, 15) is 8.42 Å². The largest absolute Gasteiger partial charge is 0.385 e. The zero-order valence-corrected chi connectivity index (χ0v) is 12.9. The molecule has 0 radical (unpaired) electrons. The minimum absolute atomic E-state index is 0.0570. The molecule has 4 nitrogen and oxygen atoms in total.